The molecule has 0 aromatic rings. The van der Waals surface area contributed by atoms with Gasteiger partial charge in [-0.2, -0.15) is 0 Å². The standard InChI is InChI=1S/C10H19NO/c1-7-3-8(4-7)11-9-5-10(6-9)12-2/h7-11H,3-6H2,1-2H3. The minimum absolute atomic E-state index is 0.542. The van der Waals surface area contributed by atoms with Crippen molar-refractivity contribution < 1.29 is 4.74 Å². The maximum Gasteiger partial charge on any atom is 0.0601 e. The smallest absolute Gasteiger partial charge is 0.0601 e. The average Bonchev–Trinajstić information content (AvgIpc) is 1.91. The van der Waals surface area contributed by atoms with Gasteiger partial charge < -0.3 is 10.1 Å². The van der Waals surface area contributed by atoms with Crippen LogP contribution in [0.15, 0.2) is 0 Å². The predicted octanol–water partition coefficient (Wildman–Crippen LogP) is 1.55. The van der Waals surface area contributed by atoms with Crippen molar-refractivity contribution in [2.75, 3.05) is 7.11 Å². The van der Waals surface area contributed by atoms with E-state index in [1.165, 1.54) is 25.7 Å². The SMILES string of the molecule is COC1CC(NC2CC(C)C2)C1. The lowest BCUT2D eigenvalue weighted by molar-refractivity contribution is 0.00846. The molecule has 0 amide bonds. The van der Waals surface area contributed by atoms with E-state index in [1.807, 2.05) is 7.11 Å². The van der Waals surface area contributed by atoms with Crippen LogP contribution in [0.25, 0.3) is 0 Å². The largest absolute Gasteiger partial charge is 0.381 e. The lowest BCUT2D eigenvalue weighted by Gasteiger charge is -2.42. The first-order chi connectivity index (χ1) is 5.78. The molecule has 2 saturated carbocycles. The van der Waals surface area contributed by atoms with Gasteiger partial charge in [-0.25, -0.2) is 0 Å². The number of ether oxygens (including phenoxy) is 1. The fourth-order valence-corrected chi connectivity index (χ4v) is 2.27. The van der Waals surface area contributed by atoms with E-state index in [0.717, 1.165) is 18.0 Å². The third-order valence-corrected chi connectivity index (χ3v) is 3.27. The molecular formula is C10H19NO. The topological polar surface area (TPSA) is 21.3 Å². The highest BCUT2D eigenvalue weighted by Gasteiger charge is 2.33. The van der Waals surface area contributed by atoms with Crippen molar-refractivity contribution >= 4 is 0 Å². The van der Waals surface area contributed by atoms with Crippen LogP contribution < -0.4 is 5.32 Å². The molecule has 2 aliphatic carbocycles. The molecule has 0 aromatic carbocycles. The van der Waals surface area contributed by atoms with Crippen molar-refractivity contribution in [3.63, 3.8) is 0 Å². The van der Waals surface area contributed by atoms with Crippen molar-refractivity contribution in [2.24, 2.45) is 5.92 Å². The van der Waals surface area contributed by atoms with Crippen LogP contribution in [0.3, 0.4) is 0 Å². The summed E-state index contributed by atoms with van der Waals surface area (Å²) in [6.07, 6.45) is 5.76. The van der Waals surface area contributed by atoms with Crippen molar-refractivity contribution in [2.45, 2.75) is 50.8 Å². The lowest BCUT2D eigenvalue weighted by atomic mass is 9.79. The second kappa shape index (κ2) is 3.35. The zero-order valence-corrected chi connectivity index (χ0v) is 8.05. The van der Waals surface area contributed by atoms with Crippen LogP contribution >= 0.6 is 0 Å². The van der Waals surface area contributed by atoms with Crippen LogP contribution in [-0.4, -0.2) is 25.3 Å². The summed E-state index contributed by atoms with van der Waals surface area (Å²) in [6, 6.07) is 1.58. The summed E-state index contributed by atoms with van der Waals surface area (Å²) in [7, 11) is 1.81. The Bertz CT molecular complexity index is 148. The maximum atomic E-state index is 5.23. The first kappa shape index (κ1) is 8.52. The molecule has 0 aliphatic heterocycles. The molecule has 12 heavy (non-hydrogen) atoms. The summed E-state index contributed by atoms with van der Waals surface area (Å²) in [5.74, 6) is 0.959. The lowest BCUT2D eigenvalue weighted by Crippen LogP contribution is -2.52. The Labute approximate surface area is 74.7 Å². The molecular weight excluding hydrogens is 150 g/mol. The highest BCUT2D eigenvalue weighted by Crippen LogP contribution is 2.30. The third-order valence-electron chi connectivity index (χ3n) is 3.27. The van der Waals surface area contributed by atoms with Gasteiger partial charge in [0.05, 0.1) is 6.10 Å². The minimum atomic E-state index is 0.542. The van der Waals surface area contributed by atoms with Crippen molar-refractivity contribution in [3.05, 3.63) is 0 Å². The molecule has 0 unspecified atom stereocenters. The second-order valence-electron chi connectivity index (χ2n) is 4.47. The average molecular weight is 169 g/mol. The normalized spacial score (nSPS) is 46.5. The van der Waals surface area contributed by atoms with Gasteiger partial charge in [0.1, 0.15) is 0 Å². The number of nitrogens with one attached hydrogen (secondary N) is 1. The van der Waals surface area contributed by atoms with E-state index < -0.39 is 0 Å². The van der Waals surface area contributed by atoms with Crippen LogP contribution in [0.2, 0.25) is 0 Å². The summed E-state index contributed by atoms with van der Waals surface area (Å²) >= 11 is 0. The molecule has 0 saturated heterocycles. The van der Waals surface area contributed by atoms with Gasteiger partial charge in [0, 0.05) is 19.2 Å². The van der Waals surface area contributed by atoms with Crippen LogP contribution in [0.1, 0.15) is 32.6 Å². The van der Waals surface area contributed by atoms with E-state index >= 15 is 0 Å². The van der Waals surface area contributed by atoms with E-state index in [9.17, 15) is 0 Å². The van der Waals surface area contributed by atoms with Crippen molar-refractivity contribution in [1.82, 2.24) is 5.32 Å². The quantitative estimate of drug-likeness (QED) is 0.692. The summed E-state index contributed by atoms with van der Waals surface area (Å²) in [5.41, 5.74) is 0. The molecule has 2 heteroatoms. The van der Waals surface area contributed by atoms with Gasteiger partial charge in [-0.15, -0.1) is 0 Å². The Morgan fingerprint density at radius 1 is 1.08 bits per heavy atom. The Morgan fingerprint density at radius 2 is 1.67 bits per heavy atom. The molecule has 1 N–H and O–H groups in total. The fourth-order valence-electron chi connectivity index (χ4n) is 2.27. The molecule has 2 nitrogen and oxygen atoms in total. The Morgan fingerprint density at radius 3 is 2.17 bits per heavy atom. The summed E-state index contributed by atoms with van der Waals surface area (Å²) in [6.45, 7) is 2.33. The summed E-state index contributed by atoms with van der Waals surface area (Å²) in [5, 5.41) is 3.67. The molecule has 0 atom stereocenters. The van der Waals surface area contributed by atoms with Gasteiger partial charge >= 0.3 is 0 Å². The molecule has 0 bridgehead atoms. The number of hydrogen-bond acceptors (Lipinski definition) is 2. The van der Waals surface area contributed by atoms with Crippen LogP contribution in [0.4, 0.5) is 0 Å². The molecule has 0 aromatic heterocycles. The van der Waals surface area contributed by atoms with Crippen molar-refractivity contribution in [1.29, 1.82) is 0 Å². The van der Waals surface area contributed by atoms with Crippen LogP contribution in [0.5, 0.6) is 0 Å². The molecule has 70 valence electrons. The summed E-state index contributed by atoms with van der Waals surface area (Å²) in [4.78, 5) is 0. The van der Waals surface area contributed by atoms with Gasteiger partial charge in [0.15, 0.2) is 0 Å². The van der Waals surface area contributed by atoms with E-state index in [2.05, 4.69) is 12.2 Å². The van der Waals surface area contributed by atoms with E-state index in [-0.39, 0.29) is 0 Å². The molecule has 0 heterocycles. The molecule has 0 radical (unpaired) electrons. The Hall–Kier alpha value is -0.0800. The molecule has 2 rings (SSSR count). The zero-order chi connectivity index (χ0) is 8.55. The molecule has 2 fully saturated rings. The first-order valence-corrected chi connectivity index (χ1v) is 5.06. The Balaban J connectivity index is 1.58. The van der Waals surface area contributed by atoms with E-state index in [4.69, 9.17) is 4.74 Å². The van der Waals surface area contributed by atoms with Crippen LogP contribution in [-0.2, 0) is 4.74 Å². The van der Waals surface area contributed by atoms with Gasteiger partial charge in [-0.3, -0.25) is 0 Å². The van der Waals surface area contributed by atoms with Gasteiger partial charge in [0.25, 0.3) is 0 Å². The van der Waals surface area contributed by atoms with Gasteiger partial charge in [-0.1, -0.05) is 6.92 Å². The highest BCUT2D eigenvalue weighted by atomic mass is 16.5. The van der Waals surface area contributed by atoms with E-state index in [1.54, 1.807) is 0 Å². The number of rotatable bonds is 3. The predicted molar refractivity (Wildman–Crippen MR) is 49.1 cm³/mol. The van der Waals surface area contributed by atoms with Gasteiger partial charge in [-0.05, 0) is 31.6 Å². The first-order valence-electron chi connectivity index (χ1n) is 5.06. The van der Waals surface area contributed by atoms with Gasteiger partial charge in [0.2, 0.25) is 0 Å². The highest BCUT2D eigenvalue weighted by molar-refractivity contribution is 4.92. The minimum Gasteiger partial charge on any atom is -0.381 e. The Kier molecular flexibility index (Phi) is 2.37. The third kappa shape index (κ3) is 1.64. The fraction of sp³-hybridized carbons (Fsp3) is 1.00. The van der Waals surface area contributed by atoms with E-state index in [0.29, 0.717) is 6.10 Å². The van der Waals surface area contributed by atoms with Crippen LogP contribution in [0, 0.1) is 5.92 Å². The number of methoxy groups -OCH3 is 1. The monoisotopic (exact) mass is 169 g/mol. The van der Waals surface area contributed by atoms with Crippen molar-refractivity contribution in [3.8, 4) is 0 Å². The molecule has 0 spiro atoms. The molecule has 2 aliphatic rings. The maximum absolute atomic E-state index is 5.23. The number of hydrogen-bond donors (Lipinski definition) is 1. The summed E-state index contributed by atoms with van der Waals surface area (Å²) < 4.78 is 5.23. The zero-order valence-electron chi connectivity index (χ0n) is 8.05. The second-order valence-corrected chi connectivity index (χ2v) is 4.47.